The number of methoxy groups -OCH3 is 2. The van der Waals surface area contributed by atoms with E-state index in [2.05, 4.69) is 0 Å². The van der Waals surface area contributed by atoms with Gasteiger partial charge in [0.25, 0.3) is 0 Å². The number of hydrogen-bond acceptors (Lipinski definition) is 4. The molecule has 0 saturated carbocycles. The summed E-state index contributed by atoms with van der Waals surface area (Å²) in [5.41, 5.74) is 0. The Hall–Kier alpha value is -0.610. The quantitative estimate of drug-likeness (QED) is 0.455. The van der Waals surface area contributed by atoms with E-state index >= 15 is 0 Å². The van der Waals surface area contributed by atoms with Crippen molar-refractivity contribution in [2.45, 2.75) is 26.2 Å². The first-order valence-corrected chi connectivity index (χ1v) is 3.40. The number of rotatable bonds is 4. The molecule has 0 atom stereocenters. The highest BCUT2D eigenvalue weighted by Gasteiger charge is 2.30. The van der Waals surface area contributed by atoms with Crippen molar-refractivity contribution in [3.05, 3.63) is 0 Å². The predicted octanol–water partition coefficient (Wildman–Crippen LogP) is 0.906. The van der Waals surface area contributed by atoms with Gasteiger partial charge in [0.15, 0.2) is 0 Å². The highest BCUT2D eigenvalue weighted by Crippen LogP contribution is 2.17. The van der Waals surface area contributed by atoms with Crippen LogP contribution >= 0.6 is 0 Å². The molecule has 4 heteroatoms. The van der Waals surface area contributed by atoms with Gasteiger partial charge in [-0.3, -0.25) is 4.79 Å². The molecular weight excluding hydrogens is 148 g/mol. The first kappa shape index (κ1) is 10.4. The summed E-state index contributed by atoms with van der Waals surface area (Å²) in [6.45, 7) is 3.11. The van der Waals surface area contributed by atoms with Gasteiger partial charge in [-0.25, -0.2) is 0 Å². The van der Waals surface area contributed by atoms with Gasteiger partial charge in [-0.15, -0.1) is 0 Å². The lowest BCUT2D eigenvalue weighted by Gasteiger charge is -2.27. The molecule has 0 bridgehead atoms. The number of hydrogen-bond donors (Lipinski definition) is 0. The van der Waals surface area contributed by atoms with Crippen LogP contribution in [0.1, 0.15) is 20.3 Å². The Balaban J connectivity index is 4.16. The van der Waals surface area contributed by atoms with Crippen molar-refractivity contribution < 1.29 is 19.0 Å². The maximum Gasteiger partial charge on any atom is 0.328 e. The van der Waals surface area contributed by atoms with Gasteiger partial charge in [-0.2, -0.15) is 0 Å². The van der Waals surface area contributed by atoms with E-state index in [1.807, 2.05) is 0 Å². The summed E-state index contributed by atoms with van der Waals surface area (Å²) in [4.78, 5) is 10.6. The van der Waals surface area contributed by atoms with Gasteiger partial charge in [-0.05, 0) is 0 Å². The van der Waals surface area contributed by atoms with Crippen molar-refractivity contribution >= 4 is 5.97 Å². The third-order valence-corrected chi connectivity index (χ3v) is 1.35. The van der Waals surface area contributed by atoms with Crippen molar-refractivity contribution in [3.63, 3.8) is 0 Å². The topological polar surface area (TPSA) is 44.8 Å². The molecule has 0 saturated heterocycles. The number of carbonyl (C=O) groups is 1. The standard InChI is InChI=1S/C7H14O4/c1-5-7(9-3,10-4)11-6(2)8/h5H2,1-4H3. The average molecular weight is 162 g/mol. The molecule has 66 valence electrons. The van der Waals surface area contributed by atoms with E-state index in [9.17, 15) is 4.79 Å². The molecule has 0 radical (unpaired) electrons. The van der Waals surface area contributed by atoms with Crippen LogP contribution in [0.4, 0.5) is 0 Å². The summed E-state index contributed by atoms with van der Waals surface area (Å²) >= 11 is 0. The largest absolute Gasteiger partial charge is 0.408 e. The highest BCUT2D eigenvalue weighted by atomic mass is 16.9. The fourth-order valence-corrected chi connectivity index (χ4v) is 0.746. The summed E-state index contributed by atoms with van der Waals surface area (Å²) in [6.07, 6.45) is 0.458. The van der Waals surface area contributed by atoms with Crippen LogP contribution in [0, 0.1) is 0 Å². The maximum atomic E-state index is 10.6. The molecule has 0 aliphatic heterocycles. The normalized spacial score (nSPS) is 11.3. The Bertz CT molecular complexity index is 120. The minimum atomic E-state index is -1.20. The minimum absolute atomic E-state index is 0.421. The van der Waals surface area contributed by atoms with Crippen LogP contribution in [0.3, 0.4) is 0 Å². The number of carbonyl (C=O) groups excluding carboxylic acids is 1. The monoisotopic (exact) mass is 162 g/mol. The zero-order chi connectivity index (χ0) is 8.91. The van der Waals surface area contributed by atoms with E-state index in [0.717, 1.165) is 0 Å². The van der Waals surface area contributed by atoms with Crippen LogP contribution in [-0.2, 0) is 19.0 Å². The fraction of sp³-hybridized carbons (Fsp3) is 0.857. The smallest absolute Gasteiger partial charge is 0.328 e. The molecule has 11 heavy (non-hydrogen) atoms. The van der Waals surface area contributed by atoms with Crippen LogP contribution in [0.25, 0.3) is 0 Å². The second-order valence-corrected chi connectivity index (χ2v) is 2.04. The Morgan fingerprint density at radius 3 is 1.91 bits per heavy atom. The number of ether oxygens (including phenoxy) is 3. The van der Waals surface area contributed by atoms with Crippen LogP contribution in [-0.4, -0.2) is 26.2 Å². The Morgan fingerprint density at radius 1 is 1.36 bits per heavy atom. The van der Waals surface area contributed by atoms with Gasteiger partial charge < -0.3 is 14.2 Å². The van der Waals surface area contributed by atoms with Crippen LogP contribution in [0.2, 0.25) is 0 Å². The molecule has 0 rings (SSSR count). The molecule has 0 spiro atoms. The average Bonchev–Trinajstić information content (AvgIpc) is 2.00. The molecule has 0 aromatic carbocycles. The maximum absolute atomic E-state index is 10.6. The molecule has 0 N–H and O–H groups in total. The van der Waals surface area contributed by atoms with E-state index in [1.54, 1.807) is 6.92 Å². The van der Waals surface area contributed by atoms with Crippen LogP contribution in [0.5, 0.6) is 0 Å². The second-order valence-electron chi connectivity index (χ2n) is 2.04. The molecule has 0 aromatic heterocycles. The van der Waals surface area contributed by atoms with Crippen molar-refractivity contribution in [2.75, 3.05) is 14.2 Å². The molecule has 0 aliphatic carbocycles. The summed E-state index contributed by atoms with van der Waals surface area (Å²) in [5, 5.41) is 0. The van der Waals surface area contributed by atoms with Gasteiger partial charge in [0.2, 0.25) is 0 Å². The third kappa shape index (κ3) is 2.86. The molecule has 4 nitrogen and oxygen atoms in total. The first-order chi connectivity index (χ1) is 5.10. The molecular formula is C7H14O4. The van der Waals surface area contributed by atoms with Gasteiger partial charge >= 0.3 is 11.9 Å². The van der Waals surface area contributed by atoms with Crippen LogP contribution in [0.15, 0.2) is 0 Å². The lowest BCUT2D eigenvalue weighted by molar-refractivity contribution is -0.344. The Morgan fingerprint density at radius 2 is 1.82 bits per heavy atom. The third-order valence-electron chi connectivity index (χ3n) is 1.35. The summed E-state index contributed by atoms with van der Waals surface area (Å²) in [6, 6.07) is 0. The molecule has 0 aromatic rings. The Labute approximate surface area is 66.4 Å². The molecule has 0 aliphatic rings. The van der Waals surface area contributed by atoms with Crippen molar-refractivity contribution in [2.24, 2.45) is 0 Å². The van der Waals surface area contributed by atoms with Crippen molar-refractivity contribution in [1.29, 1.82) is 0 Å². The molecule has 0 fully saturated rings. The van der Waals surface area contributed by atoms with Gasteiger partial charge in [0.05, 0.1) is 0 Å². The van der Waals surface area contributed by atoms with Crippen LogP contribution < -0.4 is 0 Å². The predicted molar refractivity (Wildman–Crippen MR) is 38.8 cm³/mol. The highest BCUT2D eigenvalue weighted by molar-refractivity contribution is 5.66. The SMILES string of the molecule is CCC(OC)(OC)OC(C)=O. The van der Waals surface area contributed by atoms with E-state index in [1.165, 1.54) is 21.1 Å². The second kappa shape index (κ2) is 4.31. The zero-order valence-electron chi connectivity index (χ0n) is 7.34. The molecule has 0 unspecified atom stereocenters. The lowest BCUT2D eigenvalue weighted by atomic mass is 10.4. The fourth-order valence-electron chi connectivity index (χ4n) is 0.746. The minimum Gasteiger partial charge on any atom is -0.408 e. The van der Waals surface area contributed by atoms with Gasteiger partial charge in [0.1, 0.15) is 0 Å². The van der Waals surface area contributed by atoms with E-state index < -0.39 is 11.9 Å². The molecule has 0 heterocycles. The lowest BCUT2D eigenvalue weighted by Crippen LogP contribution is -2.37. The van der Waals surface area contributed by atoms with E-state index in [4.69, 9.17) is 14.2 Å². The van der Waals surface area contributed by atoms with Gasteiger partial charge in [0, 0.05) is 27.6 Å². The number of esters is 1. The zero-order valence-corrected chi connectivity index (χ0v) is 7.34. The summed E-state index contributed by atoms with van der Waals surface area (Å²) in [7, 11) is 2.85. The first-order valence-electron chi connectivity index (χ1n) is 3.40. The molecule has 0 amide bonds. The summed E-state index contributed by atoms with van der Waals surface area (Å²) in [5.74, 6) is -1.62. The summed E-state index contributed by atoms with van der Waals surface area (Å²) < 4.78 is 14.6. The van der Waals surface area contributed by atoms with E-state index in [-0.39, 0.29) is 0 Å². The Kier molecular flexibility index (Phi) is 4.07. The van der Waals surface area contributed by atoms with E-state index in [0.29, 0.717) is 6.42 Å². The van der Waals surface area contributed by atoms with Gasteiger partial charge in [-0.1, -0.05) is 6.92 Å². The van der Waals surface area contributed by atoms with Crippen molar-refractivity contribution in [3.8, 4) is 0 Å². The van der Waals surface area contributed by atoms with Crippen molar-refractivity contribution in [1.82, 2.24) is 0 Å².